The molecule has 0 bridgehead atoms. The molecule has 7 nitrogen and oxygen atoms in total. The quantitative estimate of drug-likeness (QED) is 0.871. The zero-order chi connectivity index (χ0) is 17.6. The second-order valence-corrected chi connectivity index (χ2v) is 6.34. The summed E-state index contributed by atoms with van der Waals surface area (Å²) in [7, 11) is 0. The molecule has 1 saturated carbocycles. The van der Waals surface area contributed by atoms with E-state index in [1.807, 2.05) is 24.3 Å². The number of hydrogen-bond acceptors (Lipinski definition) is 5. The lowest BCUT2D eigenvalue weighted by atomic mass is 9.88. The van der Waals surface area contributed by atoms with Gasteiger partial charge in [0.1, 0.15) is 0 Å². The molecule has 0 atom stereocenters. The predicted molar refractivity (Wildman–Crippen MR) is 91.9 cm³/mol. The van der Waals surface area contributed by atoms with E-state index in [1.54, 1.807) is 6.92 Å². The Balaban J connectivity index is 1.55. The summed E-state index contributed by atoms with van der Waals surface area (Å²) in [6.07, 6.45) is 5.40. The van der Waals surface area contributed by atoms with E-state index in [4.69, 9.17) is 4.52 Å². The molecule has 7 heteroatoms. The first kappa shape index (κ1) is 17.1. The molecule has 1 aromatic carbocycles. The molecule has 0 aliphatic heterocycles. The van der Waals surface area contributed by atoms with E-state index in [2.05, 4.69) is 20.8 Å². The fourth-order valence-electron chi connectivity index (χ4n) is 3.02. The molecule has 25 heavy (non-hydrogen) atoms. The van der Waals surface area contributed by atoms with E-state index >= 15 is 0 Å². The number of anilines is 1. The lowest BCUT2D eigenvalue weighted by Crippen LogP contribution is -2.25. The molecule has 2 N–H and O–H groups in total. The number of amides is 2. The van der Waals surface area contributed by atoms with Gasteiger partial charge >= 0.3 is 0 Å². The summed E-state index contributed by atoms with van der Waals surface area (Å²) >= 11 is 0. The lowest BCUT2D eigenvalue weighted by Gasteiger charge is -2.20. The Morgan fingerprint density at radius 1 is 1.24 bits per heavy atom. The van der Waals surface area contributed by atoms with Crippen LogP contribution in [0.15, 0.2) is 28.8 Å². The molecule has 2 aromatic rings. The molecule has 0 unspecified atom stereocenters. The topological polar surface area (TPSA) is 97.1 Å². The lowest BCUT2D eigenvalue weighted by molar-refractivity contribution is -0.120. The molecule has 2 amide bonds. The van der Waals surface area contributed by atoms with Crippen LogP contribution in [0, 0.1) is 12.8 Å². The third-order valence-electron chi connectivity index (χ3n) is 4.35. The first-order valence-electron chi connectivity index (χ1n) is 8.60. The first-order valence-corrected chi connectivity index (χ1v) is 8.60. The van der Waals surface area contributed by atoms with Crippen LogP contribution in [0.2, 0.25) is 0 Å². The molecular formula is C18H22N4O3. The molecular weight excluding hydrogens is 320 g/mol. The van der Waals surface area contributed by atoms with Gasteiger partial charge in [-0.2, -0.15) is 4.98 Å². The van der Waals surface area contributed by atoms with Crippen molar-refractivity contribution in [3.05, 3.63) is 41.5 Å². The highest BCUT2D eigenvalue weighted by molar-refractivity contribution is 5.92. The van der Waals surface area contributed by atoms with Gasteiger partial charge in [0.25, 0.3) is 11.7 Å². The fraction of sp³-hybridized carbons (Fsp3) is 0.444. The van der Waals surface area contributed by atoms with Crippen LogP contribution in [-0.2, 0) is 11.3 Å². The van der Waals surface area contributed by atoms with Crippen LogP contribution < -0.4 is 10.6 Å². The minimum absolute atomic E-state index is 0.0132. The van der Waals surface area contributed by atoms with Gasteiger partial charge in [-0.3, -0.25) is 9.59 Å². The Morgan fingerprint density at radius 2 is 2.04 bits per heavy atom. The summed E-state index contributed by atoms with van der Waals surface area (Å²) in [6.45, 7) is 1.95. The second-order valence-electron chi connectivity index (χ2n) is 6.34. The summed E-state index contributed by atoms with van der Waals surface area (Å²) in [5.74, 6) is 0.159. The molecule has 3 rings (SSSR count). The van der Waals surface area contributed by atoms with Crippen molar-refractivity contribution < 1.29 is 14.1 Å². The van der Waals surface area contributed by atoms with Crippen molar-refractivity contribution in [3.63, 3.8) is 0 Å². The van der Waals surface area contributed by atoms with Gasteiger partial charge in [-0.25, -0.2) is 0 Å². The Hall–Kier alpha value is -2.70. The average Bonchev–Trinajstić information content (AvgIpc) is 3.07. The maximum Gasteiger partial charge on any atom is 0.292 e. The van der Waals surface area contributed by atoms with Crippen LogP contribution in [0.4, 0.5) is 5.69 Å². The number of carbonyl (C=O) groups is 2. The molecule has 0 spiro atoms. The molecule has 132 valence electrons. The molecule has 0 saturated heterocycles. The highest BCUT2D eigenvalue weighted by Crippen LogP contribution is 2.25. The van der Waals surface area contributed by atoms with Gasteiger partial charge in [0.15, 0.2) is 0 Å². The summed E-state index contributed by atoms with van der Waals surface area (Å²) in [5.41, 5.74) is 1.63. The van der Waals surface area contributed by atoms with E-state index in [1.165, 1.54) is 6.42 Å². The van der Waals surface area contributed by atoms with Crippen molar-refractivity contribution >= 4 is 17.5 Å². The predicted octanol–water partition coefficient (Wildman–Crippen LogP) is 2.83. The number of benzene rings is 1. The number of hydrogen-bond donors (Lipinski definition) is 2. The smallest absolute Gasteiger partial charge is 0.292 e. The SMILES string of the molecule is Cc1nc(C(=O)NCc2cccc(NC(=O)C3CCCCC3)c2)no1. The minimum atomic E-state index is -0.395. The van der Waals surface area contributed by atoms with E-state index in [-0.39, 0.29) is 17.6 Å². The Bertz CT molecular complexity index is 750. The minimum Gasteiger partial charge on any atom is -0.345 e. The maximum atomic E-state index is 12.3. The zero-order valence-electron chi connectivity index (χ0n) is 14.2. The Labute approximate surface area is 146 Å². The number of aryl methyl sites for hydroxylation is 1. The summed E-state index contributed by atoms with van der Waals surface area (Å²) < 4.78 is 4.79. The fourth-order valence-corrected chi connectivity index (χ4v) is 3.02. The van der Waals surface area contributed by atoms with Crippen LogP contribution in [0.25, 0.3) is 0 Å². The largest absolute Gasteiger partial charge is 0.345 e. The molecule has 1 fully saturated rings. The third kappa shape index (κ3) is 4.65. The van der Waals surface area contributed by atoms with E-state index in [0.717, 1.165) is 36.9 Å². The normalized spacial score (nSPS) is 14.9. The van der Waals surface area contributed by atoms with Gasteiger partial charge in [0.2, 0.25) is 11.8 Å². The van der Waals surface area contributed by atoms with Crippen LogP contribution >= 0.6 is 0 Å². The van der Waals surface area contributed by atoms with Crippen molar-refractivity contribution in [1.29, 1.82) is 0 Å². The van der Waals surface area contributed by atoms with Crippen molar-refractivity contribution in [2.75, 3.05) is 5.32 Å². The Morgan fingerprint density at radius 3 is 2.76 bits per heavy atom. The number of carbonyl (C=O) groups excluding carboxylic acids is 2. The standard InChI is InChI=1S/C18H22N4O3/c1-12-20-16(22-25-12)18(24)19-11-13-6-5-9-15(10-13)21-17(23)14-7-3-2-4-8-14/h5-6,9-10,14H,2-4,7-8,11H2,1H3,(H,19,24)(H,21,23). The monoisotopic (exact) mass is 342 g/mol. The number of rotatable bonds is 5. The van der Waals surface area contributed by atoms with Crippen LogP contribution in [-0.4, -0.2) is 22.0 Å². The van der Waals surface area contributed by atoms with E-state index in [9.17, 15) is 9.59 Å². The van der Waals surface area contributed by atoms with E-state index < -0.39 is 5.91 Å². The van der Waals surface area contributed by atoms with Gasteiger partial charge in [0.05, 0.1) is 0 Å². The summed E-state index contributed by atoms with van der Waals surface area (Å²) in [5, 5.41) is 9.30. The highest BCUT2D eigenvalue weighted by atomic mass is 16.5. The van der Waals surface area contributed by atoms with Gasteiger partial charge in [-0.1, -0.05) is 36.6 Å². The van der Waals surface area contributed by atoms with Crippen molar-refractivity contribution in [2.24, 2.45) is 5.92 Å². The van der Waals surface area contributed by atoms with E-state index in [0.29, 0.717) is 12.4 Å². The van der Waals surface area contributed by atoms with Gasteiger partial charge in [-0.15, -0.1) is 0 Å². The number of nitrogens with one attached hydrogen (secondary N) is 2. The van der Waals surface area contributed by atoms with Crippen LogP contribution in [0.3, 0.4) is 0 Å². The van der Waals surface area contributed by atoms with Gasteiger partial charge in [0, 0.05) is 25.1 Å². The highest BCUT2D eigenvalue weighted by Gasteiger charge is 2.21. The van der Waals surface area contributed by atoms with Crippen LogP contribution in [0.1, 0.15) is 54.2 Å². The third-order valence-corrected chi connectivity index (χ3v) is 4.35. The second kappa shape index (κ2) is 7.92. The summed E-state index contributed by atoms with van der Waals surface area (Å²) in [4.78, 5) is 28.1. The average molecular weight is 342 g/mol. The molecule has 1 heterocycles. The zero-order valence-corrected chi connectivity index (χ0v) is 14.2. The molecule has 1 aliphatic rings. The van der Waals surface area contributed by atoms with Gasteiger partial charge in [-0.05, 0) is 30.5 Å². The molecule has 0 radical (unpaired) electrons. The van der Waals surface area contributed by atoms with Crippen molar-refractivity contribution in [1.82, 2.24) is 15.5 Å². The maximum absolute atomic E-state index is 12.3. The molecule has 1 aliphatic carbocycles. The molecule has 1 aromatic heterocycles. The number of nitrogens with zero attached hydrogens (tertiary/aromatic N) is 2. The Kier molecular flexibility index (Phi) is 5.42. The number of aromatic nitrogens is 2. The van der Waals surface area contributed by atoms with Gasteiger partial charge < -0.3 is 15.2 Å². The van der Waals surface area contributed by atoms with Crippen LogP contribution in [0.5, 0.6) is 0 Å². The van der Waals surface area contributed by atoms with Crippen molar-refractivity contribution in [3.8, 4) is 0 Å². The summed E-state index contributed by atoms with van der Waals surface area (Å²) in [6, 6.07) is 7.46. The first-order chi connectivity index (χ1) is 12.1. The van der Waals surface area contributed by atoms with Crippen molar-refractivity contribution in [2.45, 2.75) is 45.6 Å².